The van der Waals surface area contributed by atoms with Crippen molar-refractivity contribution >= 4 is 52.4 Å². The molecule has 25 heavy (non-hydrogen) atoms. The van der Waals surface area contributed by atoms with Crippen molar-refractivity contribution in [3.63, 3.8) is 0 Å². The normalized spacial score (nSPS) is 10.0. The van der Waals surface area contributed by atoms with Crippen LogP contribution in [-0.2, 0) is 14.3 Å². The highest BCUT2D eigenvalue weighted by Gasteiger charge is 2.19. The van der Waals surface area contributed by atoms with Gasteiger partial charge >= 0.3 is 17.8 Å². The lowest BCUT2D eigenvalue weighted by Crippen LogP contribution is -2.30. The number of benzene rings is 2. The van der Waals surface area contributed by atoms with Crippen LogP contribution in [0.4, 0.5) is 11.4 Å². The number of carbonyl (C=O) groups is 3. The van der Waals surface area contributed by atoms with E-state index in [9.17, 15) is 14.4 Å². The van der Waals surface area contributed by atoms with Gasteiger partial charge < -0.3 is 15.4 Å². The molecule has 0 bridgehead atoms. The topological polar surface area (TPSA) is 84.5 Å². The molecule has 0 atom stereocenters. The number of anilines is 2. The lowest BCUT2D eigenvalue weighted by atomic mass is 10.2. The average molecular weight is 381 g/mol. The standard InChI is InChI=1S/C17H14Cl2N2O4/c1-2-25-17(24)11-5-3-4-6-13(11)20-15(22)16(23)21-14-9-10(18)7-8-12(14)19/h3-9H,2H2,1H3,(H,20,22)(H,21,23). The summed E-state index contributed by atoms with van der Waals surface area (Å²) in [6.45, 7) is 1.86. The summed E-state index contributed by atoms with van der Waals surface area (Å²) in [4.78, 5) is 36.0. The second-order valence-electron chi connectivity index (χ2n) is 4.80. The molecule has 0 unspecified atom stereocenters. The first-order valence-corrected chi connectivity index (χ1v) is 8.01. The highest BCUT2D eigenvalue weighted by Crippen LogP contribution is 2.25. The van der Waals surface area contributed by atoms with E-state index in [0.29, 0.717) is 5.02 Å². The molecule has 2 aromatic rings. The quantitative estimate of drug-likeness (QED) is 0.624. The number of amides is 2. The molecule has 0 radical (unpaired) electrons. The Labute approximate surface area is 154 Å². The van der Waals surface area contributed by atoms with E-state index >= 15 is 0 Å². The number of para-hydroxylation sites is 1. The monoisotopic (exact) mass is 380 g/mol. The fourth-order valence-electron chi connectivity index (χ4n) is 1.93. The van der Waals surface area contributed by atoms with Gasteiger partial charge in [0.25, 0.3) is 0 Å². The Morgan fingerprint density at radius 3 is 2.28 bits per heavy atom. The number of carbonyl (C=O) groups excluding carboxylic acids is 3. The van der Waals surface area contributed by atoms with Crippen molar-refractivity contribution < 1.29 is 19.1 Å². The van der Waals surface area contributed by atoms with E-state index in [2.05, 4.69) is 10.6 Å². The third kappa shape index (κ3) is 4.95. The Balaban J connectivity index is 2.13. The molecule has 0 saturated carbocycles. The predicted octanol–water partition coefficient (Wildman–Crippen LogP) is 3.75. The molecule has 0 heterocycles. The van der Waals surface area contributed by atoms with Gasteiger partial charge in [-0.05, 0) is 37.3 Å². The van der Waals surface area contributed by atoms with E-state index in [1.54, 1.807) is 25.1 Å². The highest BCUT2D eigenvalue weighted by molar-refractivity contribution is 6.45. The highest BCUT2D eigenvalue weighted by atomic mass is 35.5. The molecule has 2 aromatic carbocycles. The van der Waals surface area contributed by atoms with Crippen molar-refractivity contribution in [1.29, 1.82) is 0 Å². The van der Waals surface area contributed by atoms with Gasteiger partial charge in [0.15, 0.2) is 0 Å². The molecule has 0 saturated heterocycles. The second kappa shape index (κ2) is 8.50. The Morgan fingerprint density at radius 1 is 0.960 bits per heavy atom. The number of rotatable bonds is 4. The van der Waals surface area contributed by atoms with Gasteiger partial charge in [-0.25, -0.2) is 4.79 Å². The molecule has 8 heteroatoms. The average Bonchev–Trinajstić information content (AvgIpc) is 2.58. The summed E-state index contributed by atoms with van der Waals surface area (Å²) in [5, 5.41) is 5.33. The maximum atomic E-state index is 12.1. The van der Waals surface area contributed by atoms with Crippen LogP contribution in [0.1, 0.15) is 17.3 Å². The fourth-order valence-corrected chi connectivity index (χ4v) is 2.27. The number of esters is 1. The lowest BCUT2D eigenvalue weighted by Gasteiger charge is -2.11. The van der Waals surface area contributed by atoms with Gasteiger partial charge in [0.2, 0.25) is 0 Å². The summed E-state index contributed by atoms with van der Waals surface area (Å²) in [5.74, 6) is -2.52. The van der Waals surface area contributed by atoms with E-state index in [0.717, 1.165) is 0 Å². The van der Waals surface area contributed by atoms with E-state index in [1.165, 1.54) is 24.3 Å². The van der Waals surface area contributed by atoms with Gasteiger partial charge in [-0.2, -0.15) is 0 Å². The largest absolute Gasteiger partial charge is 0.462 e. The molecule has 2 rings (SSSR count). The molecule has 2 N–H and O–H groups in total. The zero-order valence-electron chi connectivity index (χ0n) is 13.1. The summed E-state index contributed by atoms with van der Waals surface area (Å²) >= 11 is 11.8. The number of hydrogen-bond acceptors (Lipinski definition) is 4. The number of ether oxygens (including phenoxy) is 1. The van der Waals surface area contributed by atoms with Crippen LogP contribution in [0.2, 0.25) is 10.0 Å². The first-order chi connectivity index (χ1) is 11.9. The molecule has 6 nitrogen and oxygen atoms in total. The molecular weight excluding hydrogens is 367 g/mol. The third-order valence-corrected chi connectivity index (χ3v) is 3.62. The van der Waals surface area contributed by atoms with Crippen molar-refractivity contribution in [2.75, 3.05) is 17.2 Å². The minimum absolute atomic E-state index is 0.145. The summed E-state index contributed by atoms with van der Waals surface area (Å²) in [6, 6.07) is 10.7. The van der Waals surface area contributed by atoms with Gasteiger partial charge in [0.1, 0.15) is 0 Å². The number of nitrogens with one attached hydrogen (secondary N) is 2. The van der Waals surface area contributed by atoms with E-state index in [1.807, 2.05) is 0 Å². The zero-order valence-corrected chi connectivity index (χ0v) is 14.6. The molecular formula is C17H14Cl2N2O4. The summed E-state index contributed by atoms with van der Waals surface area (Å²) in [7, 11) is 0. The van der Waals surface area contributed by atoms with Crippen molar-refractivity contribution in [2.24, 2.45) is 0 Å². The molecule has 0 spiro atoms. The Bertz CT molecular complexity index is 824. The molecule has 130 valence electrons. The van der Waals surface area contributed by atoms with Crippen LogP contribution in [0.15, 0.2) is 42.5 Å². The molecule has 0 aliphatic rings. The lowest BCUT2D eigenvalue weighted by molar-refractivity contribution is -0.133. The Hall–Kier alpha value is -2.57. The van der Waals surface area contributed by atoms with Gasteiger partial charge in [0, 0.05) is 5.02 Å². The van der Waals surface area contributed by atoms with E-state index < -0.39 is 17.8 Å². The first-order valence-electron chi connectivity index (χ1n) is 7.26. The van der Waals surface area contributed by atoms with Crippen LogP contribution in [0.3, 0.4) is 0 Å². The maximum Gasteiger partial charge on any atom is 0.340 e. The van der Waals surface area contributed by atoms with Gasteiger partial charge in [-0.3, -0.25) is 9.59 Å². The molecule has 2 amide bonds. The van der Waals surface area contributed by atoms with Crippen LogP contribution in [-0.4, -0.2) is 24.4 Å². The zero-order chi connectivity index (χ0) is 18.4. The minimum atomic E-state index is -0.965. The number of halogens is 2. The third-order valence-electron chi connectivity index (χ3n) is 3.05. The van der Waals surface area contributed by atoms with Crippen molar-refractivity contribution in [2.45, 2.75) is 6.92 Å². The molecule has 0 aliphatic heterocycles. The second-order valence-corrected chi connectivity index (χ2v) is 5.64. The molecule has 0 fully saturated rings. The van der Waals surface area contributed by atoms with Crippen molar-refractivity contribution in [3.8, 4) is 0 Å². The predicted molar refractivity (Wildman–Crippen MR) is 96.1 cm³/mol. The summed E-state index contributed by atoms with van der Waals surface area (Å²) in [5.41, 5.74) is 0.512. The van der Waals surface area contributed by atoms with Crippen LogP contribution in [0.25, 0.3) is 0 Å². The summed E-state index contributed by atoms with van der Waals surface area (Å²) in [6.07, 6.45) is 0. The van der Waals surface area contributed by atoms with E-state index in [-0.39, 0.29) is 28.6 Å². The van der Waals surface area contributed by atoms with Crippen LogP contribution in [0.5, 0.6) is 0 Å². The SMILES string of the molecule is CCOC(=O)c1ccccc1NC(=O)C(=O)Nc1cc(Cl)ccc1Cl. The van der Waals surface area contributed by atoms with Crippen molar-refractivity contribution in [3.05, 3.63) is 58.1 Å². The van der Waals surface area contributed by atoms with Gasteiger partial charge in [-0.15, -0.1) is 0 Å². The number of hydrogen-bond donors (Lipinski definition) is 2. The van der Waals surface area contributed by atoms with Crippen molar-refractivity contribution in [1.82, 2.24) is 0 Å². The minimum Gasteiger partial charge on any atom is -0.462 e. The fraction of sp³-hybridized carbons (Fsp3) is 0.118. The smallest absolute Gasteiger partial charge is 0.340 e. The maximum absolute atomic E-state index is 12.1. The Morgan fingerprint density at radius 2 is 1.60 bits per heavy atom. The first kappa shape index (κ1) is 18.8. The van der Waals surface area contributed by atoms with Crippen LogP contribution >= 0.6 is 23.2 Å². The van der Waals surface area contributed by atoms with Gasteiger partial charge in [0.05, 0.1) is 28.6 Å². The van der Waals surface area contributed by atoms with Gasteiger partial charge in [-0.1, -0.05) is 35.3 Å². The van der Waals surface area contributed by atoms with E-state index in [4.69, 9.17) is 27.9 Å². The van der Waals surface area contributed by atoms with Crippen LogP contribution < -0.4 is 10.6 Å². The molecule has 0 aliphatic carbocycles. The Kier molecular flexibility index (Phi) is 6.38. The summed E-state index contributed by atoms with van der Waals surface area (Å²) < 4.78 is 4.91. The van der Waals surface area contributed by atoms with Crippen LogP contribution in [0, 0.1) is 0 Å². The molecule has 0 aromatic heterocycles.